The lowest BCUT2D eigenvalue weighted by atomic mass is 10.3. The molecule has 27 heavy (non-hydrogen) atoms. The maximum atomic E-state index is 12.1. The fourth-order valence-electron chi connectivity index (χ4n) is 1.81. The van der Waals surface area contributed by atoms with E-state index in [-0.39, 0.29) is 34.6 Å². The molecule has 146 valence electrons. The normalized spacial score (nSPS) is 11.0. The van der Waals surface area contributed by atoms with Crippen LogP contribution >= 0.6 is 11.6 Å². The van der Waals surface area contributed by atoms with Crippen molar-refractivity contribution < 1.29 is 26.9 Å². The summed E-state index contributed by atoms with van der Waals surface area (Å²) in [6.07, 6.45) is -0.205. The van der Waals surface area contributed by atoms with Gasteiger partial charge in [0.2, 0.25) is 11.8 Å². The van der Waals surface area contributed by atoms with Gasteiger partial charge in [0, 0.05) is 6.07 Å². The summed E-state index contributed by atoms with van der Waals surface area (Å²) >= 11 is 5.75. The van der Waals surface area contributed by atoms with E-state index in [1.807, 2.05) is 0 Å². The number of aromatic nitrogens is 2. The van der Waals surface area contributed by atoms with Crippen molar-refractivity contribution in [2.24, 2.45) is 0 Å². The number of hydrogen-bond donors (Lipinski definition) is 2. The molecule has 10 nitrogen and oxygen atoms in total. The number of urea groups is 1. The van der Waals surface area contributed by atoms with E-state index >= 15 is 0 Å². The van der Waals surface area contributed by atoms with Crippen molar-refractivity contribution in [3.63, 3.8) is 0 Å². The van der Waals surface area contributed by atoms with Gasteiger partial charge in [-0.1, -0.05) is 23.7 Å². The molecule has 12 heteroatoms. The molecule has 0 fully saturated rings. The highest BCUT2D eigenvalue weighted by Crippen LogP contribution is 2.28. The van der Waals surface area contributed by atoms with Gasteiger partial charge in [0.25, 0.3) is 0 Å². The molecule has 1 aromatic carbocycles. The summed E-state index contributed by atoms with van der Waals surface area (Å²) in [5.41, 5.74) is 0. The van der Waals surface area contributed by atoms with Crippen LogP contribution in [-0.2, 0) is 10.3 Å². The van der Waals surface area contributed by atoms with E-state index in [1.165, 1.54) is 25.3 Å². The van der Waals surface area contributed by atoms with Crippen LogP contribution in [0, 0.1) is 0 Å². The van der Waals surface area contributed by atoms with Gasteiger partial charge in [0.05, 0.1) is 13.2 Å². The van der Waals surface area contributed by atoms with Gasteiger partial charge in [0.1, 0.15) is 5.15 Å². The smallest absolute Gasteiger partial charge is 0.411 e. The Labute approximate surface area is 161 Å². The van der Waals surface area contributed by atoms with Gasteiger partial charge in [-0.25, -0.2) is 14.5 Å². The van der Waals surface area contributed by atoms with Crippen LogP contribution < -0.4 is 23.7 Å². The molecule has 1 aromatic heterocycles. The molecule has 0 saturated carbocycles. The van der Waals surface area contributed by atoms with Crippen molar-refractivity contribution in [3.8, 4) is 17.4 Å². The predicted molar refractivity (Wildman–Crippen MR) is 97.5 cm³/mol. The number of anilines is 1. The number of benzene rings is 1. The molecule has 0 bridgehead atoms. The van der Waals surface area contributed by atoms with Crippen molar-refractivity contribution in [2.45, 2.75) is 20.0 Å². The monoisotopic (exact) mass is 416 g/mol. The zero-order chi connectivity index (χ0) is 20.0. The topological polar surface area (TPSA) is 129 Å². The standard InChI is InChI=1S/C15H17ClN4O6S/c1-9(2)25-10-6-4-5-7-11(10)26-27(22,23)20-15(21)19-14-17-12(16)8-13(18-14)24-3/h4-9H,1-3H3,(H2,17,18,19,20,21). The minimum absolute atomic E-state index is 0.00369. The Balaban J connectivity index is 2.08. The molecule has 0 aliphatic rings. The van der Waals surface area contributed by atoms with E-state index in [0.717, 1.165) is 0 Å². The number of halogens is 1. The highest BCUT2D eigenvalue weighted by Gasteiger charge is 2.20. The first-order valence-corrected chi connectivity index (χ1v) is 9.34. The van der Waals surface area contributed by atoms with Gasteiger partial charge in [0.15, 0.2) is 11.5 Å². The van der Waals surface area contributed by atoms with Gasteiger partial charge < -0.3 is 13.7 Å². The Morgan fingerprint density at radius 1 is 1.19 bits per heavy atom. The van der Waals surface area contributed by atoms with Crippen LogP contribution in [0.3, 0.4) is 0 Å². The van der Waals surface area contributed by atoms with Gasteiger partial charge in [-0.3, -0.25) is 5.32 Å². The molecule has 2 N–H and O–H groups in total. The van der Waals surface area contributed by atoms with Gasteiger partial charge in [-0.05, 0) is 26.0 Å². The van der Waals surface area contributed by atoms with Crippen molar-refractivity contribution >= 4 is 33.9 Å². The number of nitrogens with one attached hydrogen (secondary N) is 2. The molecule has 2 amide bonds. The first kappa shape index (κ1) is 20.5. The summed E-state index contributed by atoms with van der Waals surface area (Å²) in [6.45, 7) is 3.55. The van der Waals surface area contributed by atoms with Gasteiger partial charge in [-0.15, -0.1) is 0 Å². The summed E-state index contributed by atoms with van der Waals surface area (Å²) in [5.74, 6) is -0.0341. The number of nitrogens with zero attached hydrogens (tertiary/aromatic N) is 2. The lowest BCUT2D eigenvalue weighted by Crippen LogP contribution is -2.37. The van der Waals surface area contributed by atoms with Crippen LogP contribution in [0.2, 0.25) is 5.15 Å². The molecule has 2 aromatic rings. The Hall–Kier alpha value is -2.79. The third-order valence-electron chi connectivity index (χ3n) is 2.73. The fourth-order valence-corrected chi connectivity index (χ4v) is 2.67. The van der Waals surface area contributed by atoms with E-state index in [9.17, 15) is 13.2 Å². The summed E-state index contributed by atoms with van der Waals surface area (Å²) in [5, 5.41) is 2.12. The van der Waals surface area contributed by atoms with Gasteiger partial charge in [-0.2, -0.15) is 13.4 Å². The number of methoxy groups -OCH3 is 1. The van der Waals surface area contributed by atoms with Crippen LogP contribution in [-0.4, -0.2) is 37.6 Å². The van der Waals surface area contributed by atoms with Crippen molar-refractivity contribution in [3.05, 3.63) is 35.5 Å². The van der Waals surface area contributed by atoms with Crippen LogP contribution in [0.1, 0.15) is 13.8 Å². The Morgan fingerprint density at radius 3 is 2.48 bits per heavy atom. The highest BCUT2D eigenvalue weighted by molar-refractivity contribution is 7.85. The molecular formula is C15H17ClN4O6S. The minimum Gasteiger partial charge on any atom is -0.487 e. The summed E-state index contributed by atoms with van der Waals surface area (Å²) in [6, 6.07) is 6.31. The first-order chi connectivity index (χ1) is 12.7. The van der Waals surface area contributed by atoms with Gasteiger partial charge >= 0.3 is 16.3 Å². The van der Waals surface area contributed by atoms with E-state index < -0.39 is 16.3 Å². The zero-order valence-corrected chi connectivity index (χ0v) is 16.2. The SMILES string of the molecule is COc1cc(Cl)nc(NC(=O)NS(=O)(=O)Oc2ccccc2OC(C)C)n1. The molecule has 0 aliphatic carbocycles. The Bertz CT molecular complexity index is 922. The fraction of sp³-hybridized carbons (Fsp3) is 0.267. The zero-order valence-electron chi connectivity index (χ0n) is 14.6. The maximum absolute atomic E-state index is 12.1. The molecule has 0 unspecified atom stereocenters. The summed E-state index contributed by atoms with van der Waals surface area (Å²) in [7, 11) is -3.16. The Morgan fingerprint density at radius 2 is 1.85 bits per heavy atom. The summed E-state index contributed by atoms with van der Waals surface area (Å²) < 4.78 is 41.1. The molecule has 0 spiro atoms. The minimum atomic E-state index is -4.50. The molecule has 0 radical (unpaired) electrons. The van der Waals surface area contributed by atoms with E-state index in [0.29, 0.717) is 0 Å². The second-order valence-corrected chi connectivity index (χ2v) is 6.93. The summed E-state index contributed by atoms with van der Waals surface area (Å²) in [4.78, 5) is 19.5. The van der Waals surface area contributed by atoms with Crippen molar-refractivity contribution in [2.75, 3.05) is 12.4 Å². The van der Waals surface area contributed by atoms with Crippen LogP contribution in [0.5, 0.6) is 17.4 Å². The molecule has 0 saturated heterocycles. The second-order valence-electron chi connectivity index (χ2n) is 5.26. The number of ether oxygens (including phenoxy) is 2. The van der Waals surface area contributed by atoms with Crippen LogP contribution in [0.15, 0.2) is 30.3 Å². The van der Waals surface area contributed by atoms with Crippen LogP contribution in [0.25, 0.3) is 0 Å². The third kappa shape index (κ3) is 6.46. The van der Waals surface area contributed by atoms with Crippen LogP contribution in [0.4, 0.5) is 10.7 Å². The van der Waals surface area contributed by atoms with Crippen molar-refractivity contribution in [1.29, 1.82) is 0 Å². The number of para-hydroxylation sites is 2. The molecule has 2 rings (SSSR count). The largest absolute Gasteiger partial charge is 0.487 e. The van der Waals surface area contributed by atoms with E-state index in [4.69, 9.17) is 25.3 Å². The lowest BCUT2D eigenvalue weighted by Gasteiger charge is -2.14. The molecule has 0 atom stereocenters. The second kappa shape index (κ2) is 8.73. The van der Waals surface area contributed by atoms with Crippen molar-refractivity contribution in [1.82, 2.24) is 14.7 Å². The highest BCUT2D eigenvalue weighted by atomic mass is 35.5. The molecular weight excluding hydrogens is 400 g/mol. The average Bonchev–Trinajstić information content (AvgIpc) is 2.54. The number of amides is 2. The lowest BCUT2D eigenvalue weighted by molar-refractivity contribution is 0.235. The molecule has 0 aliphatic heterocycles. The quantitative estimate of drug-likeness (QED) is 0.658. The maximum Gasteiger partial charge on any atom is 0.411 e. The Kier molecular flexibility index (Phi) is 6.64. The predicted octanol–water partition coefficient (Wildman–Crippen LogP) is 2.37. The third-order valence-corrected chi connectivity index (χ3v) is 3.76. The molecule has 1 heterocycles. The number of carbonyl (C=O) groups excluding carboxylic acids is 1. The number of rotatable bonds is 7. The number of hydrogen-bond acceptors (Lipinski definition) is 8. The first-order valence-electron chi connectivity index (χ1n) is 7.56. The van der Waals surface area contributed by atoms with E-state index in [2.05, 4.69) is 15.3 Å². The number of carbonyl (C=O) groups is 1. The average molecular weight is 417 g/mol. The van der Waals surface area contributed by atoms with E-state index in [1.54, 1.807) is 30.7 Å².